The lowest BCUT2D eigenvalue weighted by molar-refractivity contribution is -0.117. The summed E-state index contributed by atoms with van der Waals surface area (Å²) in [6, 6.07) is 9.71. The van der Waals surface area contributed by atoms with Gasteiger partial charge in [0.15, 0.2) is 5.43 Å². The molecule has 0 aliphatic rings. The smallest absolute Gasteiger partial charge is 0.281 e. The number of aromatic amines is 1. The fraction of sp³-hybridized carbons (Fsp3) is 0.0625. The fourth-order valence-electron chi connectivity index (χ4n) is 1.94. The first-order chi connectivity index (χ1) is 11.0. The van der Waals surface area contributed by atoms with E-state index in [2.05, 4.69) is 10.3 Å². The van der Waals surface area contributed by atoms with Crippen LogP contribution in [0.2, 0.25) is 0 Å². The second-order valence-electron chi connectivity index (χ2n) is 4.73. The molecule has 118 valence electrons. The van der Waals surface area contributed by atoms with E-state index >= 15 is 0 Å². The fourth-order valence-corrected chi connectivity index (χ4v) is 1.94. The van der Waals surface area contributed by atoms with Crippen molar-refractivity contribution in [3.05, 3.63) is 75.3 Å². The molecule has 2 amide bonds. The van der Waals surface area contributed by atoms with Crippen molar-refractivity contribution in [2.75, 3.05) is 0 Å². The molecule has 2 aromatic rings. The quantitative estimate of drug-likeness (QED) is 0.284. The van der Waals surface area contributed by atoms with Gasteiger partial charge in [0, 0.05) is 29.1 Å². The summed E-state index contributed by atoms with van der Waals surface area (Å²) < 4.78 is 0. The molecule has 0 saturated heterocycles. The summed E-state index contributed by atoms with van der Waals surface area (Å²) in [4.78, 5) is 38.8. The third-order valence-corrected chi connectivity index (χ3v) is 3.15. The van der Waals surface area contributed by atoms with E-state index in [4.69, 9.17) is 5.84 Å². The van der Waals surface area contributed by atoms with Crippen LogP contribution in [0.1, 0.15) is 21.6 Å². The van der Waals surface area contributed by atoms with Crippen LogP contribution in [-0.4, -0.2) is 16.8 Å². The predicted molar refractivity (Wildman–Crippen MR) is 86.0 cm³/mol. The summed E-state index contributed by atoms with van der Waals surface area (Å²) in [5.74, 6) is 3.95. The number of H-pyrrole nitrogens is 1. The second kappa shape index (κ2) is 7.19. The van der Waals surface area contributed by atoms with Crippen LogP contribution in [0, 0.1) is 6.92 Å². The number of rotatable bonds is 4. The number of nitrogens with two attached hydrogens (primary N) is 1. The number of pyridine rings is 1. The summed E-state index contributed by atoms with van der Waals surface area (Å²) in [6.45, 7) is 1.68. The topological polar surface area (TPSA) is 117 Å². The van der Waals surface area contributed by atoms with Gasteiger partial charge in [0.1, 0.15) is 5.70 Å². The molecule has 5 N–H and O–H groups in total. The molecular formula is C16H16N4O3. The number of hydrogen-bond donors (Lipinski definition) is 4. The predicted octanol–water partition coefficient (Wildman–Crippen LogP) is 0.444. The number of aromatic nitrogens is 1. The van der Waals surface area contributed by atoms with Gasteiger partial charge in [-0.05, 0) is 25.1 Å². The second-order valence-corrected chi connectivity index (χ2v) is 4.73. The van der Waals surface area contributed by atoms with Crippen LogP contribution in [0.25, 0.3) is 6.08 Å². The number of carbonyl (C=O) groups excluding carboxylic acids is 2. The number of benzene rings is 1. The number of carbonyl (C=O) groups is 2. The van der Waals surface area contributed by atoms with Gasteiger partial charge in [-0.1, -0.05) is 18.2 Å². The Kier molecular flexibility index (Phi) is 5.06. The van der Waals surface area contributed by atoms with E-state index in [0.29, 0.717) is 11.3 Å². The first-order valence-electron chi connectivity index (χ1n) is 6.80. The molecule has 23 heavy (non-hydrogen) atoms. The van der Waals surface area contributed by atoms with Crippen molar-refractivity contribution in [1.29, 1.82) is 0 Å². The maximum Gasteiger partial charge on any atom is 0.281 e. The molecule has 2 rings (SSSR count). The molecule has 1 aromatic heterocycles. The van der Waals surface area contributed by atoms with Crippen LogP contribution in [-0.2, 0) is 4.79 Å². The zero-order valence-corrected chi connectivity index (χ0v) is 12.4. The molecule has 0 fully saturated rings. The van der Waals surface area contributed by atoms with Gasteiger partial charge in [-0.3, -0.25) is 19.8 Å². The van der Waals surface area contributed by atoms with Crippen LogP contribution in [0.15, 0.2) is 53.1 Å². The summed E-state index contributed by atoms with van der Waals surface area (Å²) in [6.07, 6.45) is 2.79. The average molecular weight is 312 g/mol. The summed E-state index contributed by atoms with van der Waals surface area (Å²) in [7, 11) is 0. The lowest BCUT2D eigenvalue weighted by Gasteiger charge is -2.09. The average Bonchev–Trinajstić information content (AvgIpc) is 2.57. The minimum atomic E-state index is -0.711. The van der Waals surface area contributed by atoms with Crippen molar-refractivity contribution in [3.63, 3.8) is 0 Å². The maximum atomic E-state index is 12.2. The summed E-state index contributed by atoms with van der Waals surface area (Å²) in [5, 5.41) is 2.46. The van der Waals surface area contributed by atoms with Gasteiger partial charge >= 0.3 is 0 Å². The lowest BCUT2D eigenvalue weighted by atomic mass is 10.1. The number of amides is 2. The third-order valence-electron chi connectivity index (χ3n) is 3.15. The molecule has 0 unspecified atom stereocenters. The van der Waals surface area contributed by atoms with E-state index < -0.39 is 11.8 Å². The molecule has 1 aromatic carbocycles. The molecular weight excluding hydrogens is 296 g/mol. The molecule has 7 nitrogen and oxygen atoms in total. The van der Waals surface area contributed by atoms with Crippen LogP contribution < -0.4 is 22.0 Å². The van der Waals surface area contributed by atoms with Crippen molar-refractivity contribution >= 4 is 17.9 Å². The number of hydrazine groups is 1. The van der Waals surface area contributed by atoms with Crippen molar-refractivity contribution in [3.8, 4) is 0 Å². The van der Waals surface area contributed by atoms with Gasteiger partial charge < -0.3 is 10.3 Å². The Bertz CT molecular complexity index is 810. The lowest BCUT2D eigenvalue weighted by Crippen LogP contribution is -2.38. The van der Waals surface area contributed by atoms with Crippen molar-refractivity contribution in [2.45, 2.75) is 6.92 Å². The van der Waals surface area contributed by atoms with Gasteiger partial charge in [-0.2, -0.15) is 0 Å². The Morgan fingerprint density at radius 1 is 1.17 bits per heavy atom. The highest BCUT2D eigenvalue weighted by Crippen LogP contribution is 2.06. The van der Waals surface area contributed by atoms with E-state index in [1.54, 1.807) is 37.3 Å². The standard InChI is InChI=1S/C16H16N4O3/c1-10-12(14(21)7-8-18-10)9-13(16(23)20-17)19-15(22)11-5-3-2-4-6-11/h2-9H,17H2,1H3,(H,18,21)(H,19,22)(H,20,23)/b13-9+. The first-order valence-corrected chi connectivity index (χ1v) is 6.80. The Morgan fingerprint density at radius 3 is 2.48 bits per heavy atom. The van der Waals surface area contributed by atoms with E-state index in [1.165, 1.54) is 18.3 Å². The Labute approximate surface area is 132 Å². The van der Waals surface area contributed by atoms with Crippen LogP contribution in [0.4, 0.5) is 0 Å². The maximum absolute atomic E-state index is 12.2. The van der Waals surface area contributed by atoms with E-state index in [1.807, 2.05) is 5.43 Å². The molecule has 0 bridgehead atoms. The molecule has 0 saturated carbocycles. The minimum absolute atomic E-state index is 0.124. The van der Waals surface area contributed by atoms with Gasteiger partial charge in [-0.15, -0.1) is 0 Å². The zero-order valence-electron chi connectivity index (χ0n) is 12.4. The van der Waals surface area contributed by atoms with Crippen molar-refractivity contribution in [2.24, 2.45) is 5.84 Å². The number of nitrogens with one attached hydrogen (secondary N) is 3. The van der Waals surface area contributed by atoms with Crippen molar-refractivity contribution < 1.29 is 9.59 Å². The molecule has 0 radical (unpaired) electrons. The SMILES string of the molecule is Cc1[nH]ccc(=O)c1/C=C(/NC(=O)c1ccccc1)C(=O)NN. The van der Waals surface area contributed by atoms with Gasteiger partial charge in [-0.25, -0.2) is 5.84 Å². The number of aryl methyl sites for hydroxylation is 1. The molecule has 0 atom stereocenters. The number of hydrogen-bond acceptors (Lipinski definition) is 4. The van der Waals surface area contributed by atoms with Gasteiger partial charge in [0.25, 0.3) is 11.8 Å². The molecule has 0 aliphatic carbocycles. The Balaban J connectivity index is 2.39. The Morgan fingerprint density at radius 2 is 1.87 bits per heavy atom. The monoisotopic (exact) mass is 312 g/mol. The highest BCUT2D eigenvalue weighted by Gasteiger charge is 2.14. The molecule has 7 heteroatoms. The highest BCUT2D eigenvalue weighted by molar-refractivity contribution is 6.05. The minimum Gasteiger partial charge on any atom is -0.364 e. The third kappa shape index (κ3) is 3.92. The molecule has 0 spiro atoms. The summed E-state index contributed by atoms with van der Waals surface area (Å²) >= 11 is 0. The normalized spacial score (nSPS) is 11.0. The summed E-state index contributed by atoms with van der Waals surface area (Å²) in [5.41, 5.74) is 2.75. The zero-order chi connectivity index (χ0) is 16.8. The van der Waals surface area contributed by atoms with Gasteiger partial charge in [0.2, 0.25) is 0 Å². The highest BCUT2D eigenvalue weighted by atomic mass is 16.2. The van der Waals surface area contributed by atoms with E-state index in [0.717, 1.165) is 0 Å². The van der Waals surface area contributed by atoms with Crippen molar-refractivity contribution in [1.82, 2.24) is 15.7 Å². The first kappa shape index (κ1) is 16.2. The van der Waals surface area contributed by atoms with Crippen LogP contribution in [0.3, 0.4) is 0 Å². The van der Waals surface area contributed by atoms with Crippen LogP contribution in [0.5, 0.6) is 0 Å². The Hall–Kier alpha value is -3.19. The van der Waals surface area contributed by atoms with Gasteiger partial charge in [0.05, 0.1) is 0 Å². The van der Waals surface area contributed by atoms with E-state index in [-0.39, 0.29) is 16.7 Å². The molecule has 0 aliphatic heterocycles. The molecule has 1 heterocycles. The largest absolute Gasteiger partial charge is 0.364 e. The van der Waals surface area contributed by atoms with E-state index in [9.17, 15) is 14.4 Å². The van der Waals surface area contributed by atoms with Crippen LogP contribution >= 0.6 is 0 Å².